The summed E-state index contributed by atoms with van der Waals surface area (Å²) in [6.45, 7) is 5.22. The average molecular weight is 381 g/mol. The molecule has 0 saturated heterocycles. The third-order valence-corrected chi connectivity index (χ3v) is 3.85. The molecule has 1 aromatic carbocycles. The van der Waals surface area contributed by atoms with Crippen LogP contribution in [0.5, 0.6) is 0 Å². The van der Waals surface area contributed by atoms with Crippen molar-refractivity contribution in [2.75, 3.05) is 0 Å². The van der Waals surface area contributed by atoms with E-state index in [0.717, 1.165) is 18.2 Å². The maximum absolute atomic E-state index is 14.3. The Kier molecular flexibility index (Phi) is 6.98. The van der Waals surface area contributed by atoms with Crippen LogP contribution in [-0.4, -0.2) is 16.7 Å². The van der Waals surface area contributed by atoms with Crippen LogP contribution >= 0.6 is 0 Å². The molecule has 1 aromatic heterocycles. The fourth-order valence-electron chi connectivity index (χ4n) is 2.59. The Labute approximate surface area is 161 Å². The number of allylic oxidation sites excluding steroid dienone is 7. The second kappa shape index (κ2) is 9.41. The Bertz CT molecular complexity index is 1000. The third kappa shape index (κ3) is 4.59. The monoisotopic (exact) mass is 381 g/mol. The minimum Gasteiger partial charge on any atom is -0.299 e. The number of pyridine rings is 1. The van der Waals surface area contributed by atoms with Crippen molar-refractivity contribution in [3.8, 4) is 0 Å². The lowest BCUT2D eigenvalue weighted by Gasteiger charge is -2.16. The summed E-state index contributed by atoms with van der Waals surface area (Å²) in [6.07, 6.45) is 7.57. The number of nitrogens with zero attached hydrogens (tertiary/aromatic N) is 1. The molecule has 0 spiro atoms. The number of halogens is 3. The largest absolute Gasteiger partial charge is 0.299 e. The summed E-state index contributed by atoms with van der Waals surface area (Å²) >= 11 is 0. The summed E-state index contributed by atoms with van der Waals surface area (Å²) in [6, 6.07) is 7.38. The molecule has 1 heterocycles. The van der Waals surface area contributed by atoms with E-state index in [9.17, 15) is 13.2 Å². The molecule has 28 heavy (non-hydrogen) atoms. The van der Waals surface area contributed by atoms with Gasteiger partial charge in [0.15, 0.2) is 0 Å². The first-order valence-corrected chi connectivity index (χ1v) is 8.31. The minimum atomic E-state index is -1.35. The van der Waals surface area contributed by atoms with Crippen LogP contribution in [0.15, 0.2) is 84.6 Å². The molecular weight excluding hydrogens is 363 g/mol. The molecule has 0 saturated carbocycles. The zero-order chi connectivity index (χ0) is 20.7. The summed E-state index contributed by atoms with van der Waals surface area (Å²) in [5.41, 5.74) is -0.778. The summed E-state index contributed by atoms with van der Waals surface area (Å²) in [4.78, 5) is 4.06. The van der Waals surface area contributed by atoms with Gasteiger partial charge in [0.1, 0.15) is 11.6 Å². The highest BCUT2D eigenvalue weighted by molar-refractivity contribution is 6.29. The van der Waals surface area contributed by atoms with E-state index < -0.39 is 23.3 Å². The number of nitrogens with one attached hydrogen (secondary N) is 2. The molecule has 3 nitrogen and oxygen atoms in total. The van der Waals surface area contributed by atoms with Gasteiger partial charge in [0.25, 0.3) is 0 Å². The van der Waals surface area contributed by atoms with Crippen molar-refractivity contribution in [2.24, 2.45) is 0 Å². The molecule has 2 rings (SSSR count). The van der Waals surface area contributed by atoms with Crippen LogP contribution in [0.3, 0.4) is 0 Å². The standard InChI is InChI=1S/C22H18F3N3/c1-3-5-8-14(4-2)19(20(22(25)27)18-9-6-7-12-28-18)21(26)16-13-15(23)10-11-17(16)24/h3-13,26-27H,1H2,2H3/b8-5-,14-4+,20-19-,26-21?,27-22?. The van der Waals surface area contributed by atoms with E-state index in [2.05, 4.69) is 11.6 Å². The SMILES string of the molecule is C=C\C=C/C(=C\C)C(/C(=N)c1cc(F)ccc1F)=C(/C(=N)F)c1ccccn1. The molecule has 0 aliphatic carbocycles. The highest BCUT2D eigenvalue weighted by atomic mass is 19.1. The van der Waals surface area contributed by atoms with Crippen LogP contribution in [0, 0.1) is 22.5 Å². The molecule has 0 amide bonds. The van der Waals surface area contributed by atoms with Gasteiger partial charge in [-0.05, 0) is 42.8 Å². The number of benzene rings is 1. The second-order valence-electron chi connectivity index (χ2n) is 5.62. The van der Waals surface area contributed by atoms with Gasteiger partial charge in [-0.25, -0.2) is 8.78 Å². The van der Waals surface area contributed by atoms with E-state index in [1.165, 1.54) is 18.3 Å². The van der Waals surface area contributed by atoms with Gasteiger partial charge in [-0.1, -0.05) is 36.9 Å². The van der Waals surface area contributed by atoms with Gasteiger partial charge in [-0.3, -0.25) is 15.8 Å². The predicted molar refractivity (Wildman–Crippen MR) is 106 cm³/mol. The zero-order valence-corrected chi connectivity index (χ0v) is 15.1. The normalized spacial score (nSPS) is 12.6. The highest BCUT2D eigenvalue weighted by Crippen LogP contribution is 2.29. The fraction of sp³-hybridized carbons (Fsp3) is 0.0455. The predicted octanol–water partition coefficient (Wildman–Crippen LogP) is 5.82. The van der Waals surface area contributed by atoms with E-state index in [1.54, 1.807) is 37.3 Å². The molecule has 0 aliphatic heterocycles. The van der Waals surface area contributed by atoms with Gasteiger partial charge >= 0.3 is 0 Å². The molecule has 0 bridgehead atoms. The lowest BCUT2D eigenvalue weighted by molar-refractivity contribution is 0.598. The Morgan fingerprint density at radius 2 is 1.89 bits per heavy atom. The fourth-order valence-corrected chi connectivity index (χ4v) is 2.59. The van der Waals surface area contributed by atoms with Crippen molar-refractivity contribution in [1.29, 1.82) is 10.8 Å². The van der Waals surface area contributed by atoms with Gasteiger partial charge in [0, 0.05) is 17.3 Å². The summed E-state index contributed by atoms with van der Waals surface area (Å²) in [7, 11) is 0. The summed E-state index contributed by atoms with van der Waals surface area (Å²) in [5, 5.41) is 16.1. The van der Waals surface area contributed by atoms with Crippen LogP contribution < -0.4 is 0 Å². The van der Waals surface area contributed by atoms with Gasteiger partial charge in [0.05, 0.1) is 17.0 Å². The van der Waals surface area contributed by atoms with Crippen LogP contribution in [0.2, 0.25) is 0 Å². The number of aromatic nitrogens is 1. The molecule has 0 fully saturated rings. The molecule has 0 radical (unpaired) electrons. The van der Waals surface area contributed by atoms with Gasteiger partial charge < -0.3 is 0 Å². The first kappa shape index (κ1) is 20.8. The first-order chi connectivity index (χ1) is 13.4. The van der Waals surface area contributed by atoms with E-state index in [0.29, 0.717) is 5.57 Å². The third-order valence-electron chi connectivity index (χ3n) is 3.85. The smallest absolute Gasteiger partial charge is 0.215 e. The summed E-state index contributed by atoms with van der Waals surface area (Å²) < 4.78 is 42.3. The highest BCUT2D eigenvalue weighted by Gasteiger charge is 2.24. The lowest BCUT2D eigenvalue weighted by atomic mass is 9.89. The van der Waals surface area contributed by atoms with Crippen molar-refractivity contribution in [1.82, 2.24) is 4.98 Å². The maximum atomic E-state index is 14.3. The van der Waals surface area contributed by atoms with Crippen molar-refractivity contribution in [3.63, 3.8) is 0 Å². The quantitative estimate of drug-likeness (QED) is 0.461. The number of hydrogen-bond acceptors (Lipinski definition) is 3. The Hall–Kier alpha value is -3.54. The Morgan fingerprint density at radius 3 is 2.46 bits per heavy atom. The molecule has 2 aromatic rings. The zero-order valence-electron chi connectivity index (χ0n) is 15.1. The van der Waals surface area contributed by atoms with E-state index >= 15 is 0 Å². The topological polar surface area (TPSA) is 60.6 Å². The second-order valence-corrected chi connectivity index (χ2v) is 5.62. The van der Waals surface area contributed by atoms with Crippen LogP contribution in [0.1, 0.15) is 18.2 Å². The molecule has 0 atom stereocenters. The van der Waals surface area contributed by atoms with Crippen LogP contribution in [0.4, 0.5) is 13.2 Å². The van der Waals surface area contributed by atoms with Crippen molar-refractivity contribution < 1.29 is 13.2 Å². The minimum absolute atomic E-state index is 0.0868. The molecular formula is C22H18F3N3. The van der Waals surface area contributed by atoms with Crippen molar-refractivity contribution in [2.45, 2.75) is 6.92 Å². The number of rotatable bonds is 7. The lowest BCUT2D eigenvalue weighted by Crippen LogP contribution is -2.14. The molecule has 0 unspecified atom stereocenters. The van der Waals surface area contributed by atoms with Crippen LogP contribution in [0.25, 0.3) is 5.57 Å². The van der Waals surface area contributed by atoms with Crippen molar-refractivity contribution in [3.05, 3.63) is 108 Å². The Morgan fingerprint density at radius 1 is 1.14 bits per heavy atom. The number of hydrogen-bond donors (Lipinski definition) is 2. The molecule has 2 N–H and O–H groups in total. The van der Waals surface area contributed by atoms with Gasteiger partial charge in [-0.15, -0.1) is 0 Å². The van der Waals surface area contributed by atoms with E-state index in [-0.39, 0.29) is 22.4 Å². The van der Waals surface area contributed by atoms with E-state index in [4.69, 9.17) is 10.8 Å². The van der Waals surface area contributed by atoms with Crippen molar-refractivity contribution >= 4 is 17.3 Å². The average Bonchev–Trinajstić information content (AvgIpc) is 2.69. The molecule has 6 heteroatoms. The van der Waals surface area contributed by atoms with Crippen LogP contribution in [-0.2, 0) is 0 Å². The maximum Gasteiger partial charge on any atom is 0.215 e. The summed E-state index contributed by atoms with van der Waals surface area (Å²) in [5.74, 6) is -2.92. The molecule has 142 valence electrons. The van der Waals surface area contributed by atoms with E-state index in [1.807, 2.05) is 0 Å². The van der Waals surface area contributed by atoms with Gasteiger partial charge in [-0.2, -0.15) is 4.39 Å². The van der Waals surface area contributed by atoms with Gasteiger partial charge in [0.2, 0.25) is 5.97 Å². The Balaban J connectivity index is 2.88. The molecule has 0 aliphatic rings. The first-order valence-electron chi connectivity index (χ1n) is 8.31.